The molecule has 0 aliphatic rings. The third kappa shape index (κ3) is 1.98. The number of rotatable bonds is 2. The highest BCUT2D eigenvalue weighted by molar-refractivity contribution is 5.83. The van der Waals surface area contributed by atoms with Crippen molar-refractivity contribution in [3.63, 3.8) is 0 Å². The predicted molar refractivity (Wildman–Crippen MR) is 56.1 cm³/mol. The summed E-state index contributed by atoms with van der Waals surface area (Å²) in [5.74, 6) is -1.27. The van der Waals surface area contributed by atoms with Crippen LogP contribution in [0.1, 0.15) is 10.6 Å². The lowest BCUT2D eigenvalue weighted by molar-refractivity contribution is 0.0683. The van der Waals surface area contributed by atoms with Crippen LogP contribution in [0.2, 0.25) is 0 Å². The van der Waals surface area contributed by atoms with Crippen molar-refractivity contribution in [3.05, 3.63) is 42.5 Å². The molecule has 0 aliphatic carbocycles. The van der Waals surface area contributed by atoms with Gasteiger partial charge in [0.2, 0.25) is 5.82 Å². The monoisotopic (exact) mass is 216 g/mol. The Morgan fingerprint density at radius 1 is 1.12 bits per heavy atom. The number of hydrogen-bond donors (Lipinski definition) is 2. The summed E-state index contributed by atoms with van der Waals surface area (Å²) in [6.07, 6.45) is 2.82. The van der Waals surface area contributed by atoms with Crippen molar-refractivity contribution in [2.24, 2.45) is 0 Å². The van der Waals surface area contributed by atoms with E-state index in [4.69, 9.17) is 5.11 Å². The Morgan fingerprint density at radius 2 is 1.81 bits per heavy atom. The highest BCUT2D eigenvalue weighted by Crippen LogP contribution is 2.21. The number of benzene rings is 1. The fraction of sp³-hybridized carbons (Fsp3) is 0. The number of aromatic hydroxyl groups is 1. The van der Waals surface area contributed by atoms with Crippen molar-refractivity contribution in [2.45, 2.75) is 0 Å². The fourth-order valence-electron chi connectivity index (χ4n) is 1.27. The molecular weight excluding hydrogens is 208 g/mol. The molecule has 5 nitrogen and oxygen atoms in total. The molecule has 2 aromatic rings. The van der Waals surface area contributed by atoms with Gasteiger partial charge in [0, 0.05) is 18.0 Å². The molecule has 0 aliphatic heterocycles. The molecule has 1 aromatic heterocycles. The van der Waals surface area contributed by atoms with E-state index in [2.05, 4.69) is 9.97 Å². The van der Waals surface area contributed by atoms with Crippen LogP contribution in [0.3, 0.4) is 0 Å². The highest BCUT2D eigenvalue weighted by atomic mass is 16.4. The lowest BCUT2D eigenvalue weighted by Crippen LogP contribution is -2.02. The van der Waals surface area contributed by atoms with Crippen LogP contribution in [0.4, 0.5) is 0 Å². The summed E-state index contributed by atoms with van der Waals surface area (Å²) in [5, 5.41) is 17.9. The minimum absolute atomic E-state index is 0.139. The highest BCUT2D eigenvalue weighted by Gasteiger charge is 2.06. The molecule has 80 valence electrons. The second-order valence-electron chi connectivity index (χ2n) is 3.15. The first kappa shape index (κ1) is 10.1. The molecule has 5 heteroatoms. The molecule has 1 heterocycles. The summed E-state index contributed by atoms with van der Waals surface area (Å²) >= 11 is 0. The van der Waals surface area contributed by atoms with Crippen LogP contribution in [-0.2, 0) is 0 Å². The zero-order valence-electron chi connectivity index (χ0n) is 8.16. The second-order valence-corrected chi connectivity index (χ2v) is 3.15. The summed E-state index contributed by atoms with van der Waals surface area (Å²) in [5.41, 5.74) is 1.39. The lowest BCUT2D eigenvalue weighted by Gasteiger charge is -2.01. The van der Waals surface area contributed by atoms with Crippen molar-refractivity contribution < 1.29 is 15.0 Å². The molecule has 0 atom stereocenters. The molecule has 2 rings (SSSR count). The molecule has 0 saturated carbocycles. The van der Waals surface area contributed by atoms with Gasteiger partial charge in [-0.25, -0.2) is 14.8 Å². The lowest BCUT2D eigenvalue weighted by atomic mass is 10.1. The van der Waals surface area contributed by atoms with Crippen molar-refractivity contribution in [1.82, 2.24) is 9.97 Å². The Labute approximate surface area is 91.0 Å². The normalized spacial score (nSPS) is 10.0. The topological polar surface area (TPSA) is 83.3 Å². The van der Waals surface area contributed by atoms with Crippen LogP contribution in [0.25, 0.3) is 11.1 Å². The van der Waals surface area contributed by atoms with E-state index in [0.717, 1.165) is 5.56 Å². The molecule has 0 unspecified atom stereocenters. The van der Waals surface area contributed by atoms with Crippen LogP contribution in [0, 0.1) is 0 Å². The third-order valence-electron chi connectivity index (χ3n) is 2.02. The van der Waals surface area contributed by atoms with Crippen molar-refractivity contribution >= 4 is 5.97 Å². The molecule has 1 aromatic carbocycles. The fourth-order valence-corrected chi connectivity index (χ4v) is 1.27. The molecular formula is C11H8N2O3. The Balaban J connectivity index is 2.38. The molecule has 2 N–H and O–H groups in total. The van der Waals surface area contributed by atoms with E-state index in [1.807, 2.05) is 0 Å². The van der Waals surface area contributed by atoms with E-state index in [9.17, 15) is 9.90 Å². The number of aromatic carboxylic acids is 1. The summed E-state index contributed by atoms with van der Waals surface area (Å²) in [7, 11) is 0. The van der Waals surface area contributed by atoms with Gasteiger partial charge in [-0.3, -0.25) is 0 Å². The van der Waals surface area contributed by atoms with Gasteiger partial charge < -0.3 is 10.2 Å². The van der Waals surface area contributed by atoms with Gasteiger partial charge in [0.05, 0.1) is 0 Å². The van der Waals surface area contributed by atoms with Gasteiger partial charge in [-0.15, -0.1) is 0 Å². The van der Waals surface area contributed by atoms with Gasteiger partial charge in [0.25, 0.3) is 0 Å². The van der Waals surface area contributed by atoms with Crippen LogP contribution in [-0.4, -0.2) is 26.2 Å². The smallest absolute Gasteiger partial charge is 0.373 e. The van der Waals surface area contributed by atoms with E-state index < -0.39 is 5.97 Å². The number of phenols is 1. The first-order valence-electron chi connectivity index (χ1n) is 4.51. The molecule has 0 radical (unpaired) electrons. The van der Waals surface area contributed by atoms with Crippen molar-refractivity contribution in [3.8, 4) is 16.9 Å². The average Bonchev–Trinajstić information content (AvgIpc) is 2.29. The van der Waals surface area contributed by atoms with Gasteiger partial charge in [-0.05, 0) is 17.7 Å². The first-order valence-corrected chi connectivity index (χ1v) is 4.51. The Bertz CT molecular complexity index is 523. The average molecular weight is 216 g/mol. The molecule has 0 saturated heterocycles. The zero-order chi connectivity index (χ0) is 11.5. The molecule has 0 fully saturated rings. The Hall–Kier alpha value is -2.43. The number of hydrogen-bond acceptors (Lipinski definition) is 4. The van der Waals surface area contributed by atoms with E-state index in [0.29, 0.717) is 5.56 Å². The minimum atomic E-state index is -1.16. The molecule has 0 bridgehead atoms. The van der Waals surface area contributed by atoms with E-state index in [1.54, 1.807) is 24.3 Å². The third-order valence-corrected chi connectivity index (χ3v) is 2.02. The number of carbonyl (C=O) groups is 1. The Kier molecular flexibility index (Phi) is 2.51. The second kappa shape index (κ2) is 3.98. The number of carboxylic acids is 1. The van der Waals surface area contributed by atoms with Gasteiger partial charge in [-0.1, -0.05) is 12.1 Å². The standard InChI is InChI=1S/C11H8N2O3/c14-9-3-1-2-7(4-9)8-5-12-10(11(15)16)13-6-8/h1-6,14H,(H,15,16). The predicted octanol–water partition coefficient (Wildman–Crippen LogP) is 1.55. The van der Waals surface area contributed by atoms with Gasteiger partial charge in [0.1, 0.15) is 5.75 Å². The number of phenolic OH excluding ortho intramolecular Hbond substituents is 1. The number of carboxylic acid groups (broad SMARTS) is 1. The SMILES string of the molecule is O=C(O)c1ncc(-c2cccc(O)c2)cn1. The largest absolute Gasteiger partial charge is 0.508 e. The van der Waals surface area contributed by atoms with Crippen LogP contribution < -0.4 is 0 Å². The minimum Gasteiger partial charge on any atom is -0.508 e. The number of nitrogens with zero attached hydrogens (tertiary/aromatic N) is 2. The van der Waals surface area contributed by atoms with Crippen LogP contribution in [0.15, 0.2) is 36.7 Å². The summed E-state index contributed by atoms with van der Waals surface area (Å²) in [4.78, 5) is 17.9. The summed E-state index contributed by atoms with van der Waals surface area (Å²) in [6.45, 7) is 0. The van der Waals surface area contributed by atoms with Crippen LogP contribution >= 0.6 is 0 Å². The first-order chi connectivity index (χ1) is 7.66. The maximum absolute atomic E-state index is 10.5. The van der Waals surface area contributed by atoms with E-state index in [1.165, 1.54) is 12.4 Å². The summed E-state index contributed by atoms with van der Waals surface area (Å²) in [6, 6.07) is 6.57. The van der Waals surface area contributed by atoms with E-state index >= 15 is 0 Å². The van der Waals surface area contributed by atoms with Crippen molar-refractivity contribution in [1.29, 1.82) is 0 Å². The van der Waals surface area contributed by atoms with E-state index in [-0.39, 0.29) is 11.6 Å². The van der Waals surface area contributed by atoms with Gasteiger partial charge >= 0.3 is 5.97 Å². The zero-order valence-corrected chi connectivity index (χ0v) is 8.16. The van der Waals surface area contributed by atoms with Gasteiger partial charge in [-0.2, -0.15) is 0 Å². The molecule has 0 amide bonds. The Morgan fingerprint density at radius 3 is 2.38 bits per heavy atom. The van der Waals surface area contributed by atoms with Crippen molar-refractivity contribution in [2.75, 3.05) is 0 Å². The van der Waals surface area contributed by atoms with Gasteiger partial charge in [0.15, 0.2) is 0 Å². The number of aromatic nitrogens is 2. The quantitative estimate of drug-likeness (QED) is 0.795. The maximum Gasteiger partial charge on any atom is 0.373 e. The van der Waals surface area contributed by atoms with Crippen LogP contribution in [0.5, 0.6) is 5.75 Å². The molecule has 0 spiro atoms. The maximum atomic E-state index is 10.5. The summed E-state index contributed by atoms with van der Waals surface area (Å²) < 4.78 is 0. The molecule has 16 heavy (non-hydrogen) atoms.